The Hall–Kier alpha value is -1.84. The van der Waals surface area contributed by atoms with Crippen molar-refractivity contribution in [2.75, 3.05) is 0 Å². The fourth-order valence-electron chi connectivity index (χ4n) is 1.43. The van der Waals surface area contributed by atoms with Crippen LogP contribution >= 0.6 is 27.7 Å². The molecular weight excluding hydrogens is 328 g/mol. The SMILES string of the molecule is N#Cc1cc(Sc2ccc([N+](=O)[O-])cc2)ccc1Br. The minimum atomic E-state index is -0.429. The number of non-ortho nitro benzene ring substituents is 1. The zero-order chi connectivity index (χ0) is 13.8. The van der Waals surface area contributed by atoms with Crippen molar-refractivity contribution in [1.29, 1.82) is 5.26 Å². The first-order valence-corrected chi connectivity index (χ1v) is 6.83. The molecule has 0 aromatic heterocycles. The Kier molecular flexibility index (Phi) is 4.20. The lowest BCUT2D eigenvalue weighted by atomic mass is 10.2. The maximum atomic E-state index is 10.5. The molecule has 94 valence electrons. The van der Waals surface area contributed by atoms with Crippen LogP contribution < -0.4 is 0 Å². The molecule has 0 heterocycles. The third-order valence-corrected chi connectivity index (χ3v) is 4.03. The molecule has 19 heavy (non-hydrogen) atoms. The van der Waals surface area contributed by atoms with Crippen molar-refractivity contribution in [2.24, 2.45) is 0 Å². The molecule has 0 unspecified atom stereocenters. The molecule has 0 radical (unpaired) electrons. The van der Waals surface area contributed by atoms with Gasteiger partial charge in [-0.2, -0.15) is 5.26 Å². The first kappa shape index (κ1) is 13.6. The maximum Gasteiger partial charge on any atom is 0.269 e. The average molecular weight is 335 g/mol. The monoisotopic (exact) mass is 334 g/mol. The van der Waals surface area contributed by atoms with E-state index in [1.807, 2.05) is 12.1 Å². The normalized spacial score (nSPS) is 9.89. The number of hydrogen-bond acceptors (Lipinski definition) is 4. The van der Waals surface area contributed by atoms with Gasteiger partial charge in [-0.1, -0.05) is 11.8 Å². The molecule has 0 amide bonds. The minimum Gasteiger partial charge on any atom is -0.258 e. The van der Waals surface area contributed by atoms with Gasteiger partial charge in [-0.3, -0.25) is 10.1 Å². The molecular formula is C13H7BrN2O2S. The second-order valence-corrected chi connectivity index (χ2v) is 5.61. The molecule has 0 spiro atoms. The quantitative estimate of drug-likeness (QED) is 0.617. The van der Waals surface area contributed by atoms with E-state index >= 15 is 0 Å². The molecule has 0 saturated carbocycles. The fraction of sp³-hybridized carbons (Fsp3) is 0. The molecule has 4 nitrogen and oxygen atoms in total. The second kappa shape index (κ2) is 5.87. The van der Waals surface area contributed by atoms with Crippen molar-refractivity contribution in [3.8, 4) is 6.07 Å². The van der Waals surface area contributed by atoms with Gasteiger partial charge < -0.3 is 0 Å². The van der Waals surface area contributed by atoms with Crippen LogP contribution in [0.4, 0.5) is 5.69 Å². The highest BCUT2D eigenvalue weighted by atomic mass is 79.9. The molecule has 0 aliphatic rings. The Labute approximate surface area is 122 Å². The van der Waals surface area contributed by atoms with Crippen molar-refractivity contribution >= 4 is 33.4 Å². The number of benzene rings is 2. The zero-order valence-electron chi connectivity index (χ0n) is 9.54. The summed E-state index contributed by atoms with van der Waals surface area (Å²) in [6.07, 6.45) is 0. The molecule has 6 heteroatoms. The molecule has 0 N–H and O–H groups in total. The Morgan fingerprint density at radius 3 is 2.37 bits per heavy atom. The number of nitriles is 1. The van der Waals surface area contributed by atoms with E-state index in [0.29, 0.717) is 5.56 Å². The number of halogens is 1. The number of rotatable bonds is 3. The standard InChI is InChI=1S/C13H7BrN2O2S/c14-13-6-5-12(7-9(13)8-15)19-11-3-1-10(2-4-11)16(17)18/h1-7H. The van der Waals surface area contributed by atoms with Crippen LogP contribution in [0.5, 0.6) is 0 Å². The number of nitrogens with zero attached hydrogens (tertiary/aromatic N) is 2. The summed E-state index contributed by atoms with van der Waals surface area (Å²) >= 11 is 4.75. The van der Waals surface area contributed by atoms with Crippen LogP contribution in [-0.2, 0) is 0 Å². The van der Waals surface area contributed by atoms with Gasteiger partial charge in [0.1, 0.15) is 6.07 Å². The Bertz CT molecular complexity index is 665. The van der Waals surface area contributed by atoms with E-state index in [1.54, 1.807) is 18.2 Å². The van der Waals surface area contributed by atoms with Crippen LogP contribution in [0, 0.1) is 21.4 Å². The molecule has 0 atom stereocenters. The smallest absolute Gasteiger partial charge is 0.258 e. The van der Waals surface area contributed by atoms with Gasteiger partial charge in [0, 0.05) is 26.4 Å². The van der Waals surface area contributed by atoms with Crippen molar-refractivity contribution in [1.82, 2.24) is 0 Å². The maximum absolute atomic E-state index is 10.5. The third-order valence-electron chi connectivity index (χ3n) is 2.34. The summed E-state index contributed by atoms with van der Waals surface area (Å²) in [4.78, 5) is 11.9. The van der Waals surface area contributed by atoms with Gasteiger partial charge in [0.15, 0.2) is 0 Å². The van der Waals surface area contributed by atoms with E-state index in [2.05, 4.69) is 22.0 Å². The molecule has 2 aromatic rings. The number of hydrogen-bond donors (Lipinski definition) is 0. The van der Waals surface area contributed by atoms with Crippen LogP contribution in [0.15, 0.2) is 56.7 Å². The van der Waals surface area contributed by atoms with Gasteiger partial charge in [-0.25, -0.2) is 0 Å². The van der Waals surface area contributed by atoms with Crippen LogP contribution in [0.25, 0.3) is 0 Å². The fourth-order valence-corrected chi connectivity index (χ4v) is 2.62. The molecule has 0 bridgehead atoms. The van der Waals surface area contributed by atoms with Crippen LogP contribution in [0.1, 0.15) is 5.56 Å². The predicted octanol–water partition coefficient (Wildman–Crippen LogP) is 4.38. The summed E-state index contributed by atoms with van der Waals surface area (Å²) in [5.41, 5.74) is 0.629. The highest BCUT2D eigenvalue weighted by molar-refractivity contribution is 9.10. The van der Waals surface area contributed by atoms with Crippen molar-refractivity contribution in [3.05, 3.63) is 62.6 Å². The highest BCUT2D eigenvalue weighted by Crippen LogP contribution is 2.31. The summed E-state index contributed by atoms with van der Waals surface area (Å²) in [6, 6.07) is 13.9. The first-order chi connectivity index (χ1) is 9.10. The lowest BCUT2D eigenvalue weighted by Crippen LogP contribution is -1.86. The van der Waals surface area contributed by atoms with E-state index < -0.39 is 4.92 Å². The average Bonchev–Trinajstić information content (AvgIpc) is 2.41. The lowest BCUT2D eigenvalue weighted by molar-refractivity contribution is -0.384. The van der Waals surface area contributed by atoms with Gasteiger partial charge in [0.2, 0.25) is 0 Å². The predicted molar refractivity (Wildman–Crippen MR) is 76.1 cm³/mol. The second-order valence-electron chi connectivity index (χ2n) is 3.61. The molecule has 2 rings (SSSR count). The summed E-state index contributed by atoms with van der Waals surface area (Å²) in [7, 11) is 0. The largest absolute Gasteiger partial charge is 0.269 e. The third kappa shape index (κ3) is 3.34. The Morgan fingerprint density at radius 1 is 1.16 bits per heavy atom. The lowest BCUT2D eigenvalue weighted by Gasteiger charge is -2.03. The van der Waals surface area contributed by atoms with Crippen LogP contribution in [0.2, 0.25) is 0 Å². The van der Waals surface area contributed by atoms with E-state index in [1.165, 1.54) is 23.9 Å². The van der Waals surface area contributed by atoms with Crippen LogP contribution in [0.3, 0.4) is 0 Å². The highest BCUT2D eigenvalue weighted by Gasteiger charge is 2.06. The molecule has 0 saturated heterocycles. The summed E-state index contributed by atoms with van der Waals surface area (Å²) < 4.78 is 0.753. The van der Waals surface area contributed by atoms with Gasteiger partial charge in [0.05, 0.1) is 10.5 Å². The van der Waals surface area contributed by atoms with E-state index in [0.717, 1.165) is 14.3 Å². The summed E-state index contributed by atoms with van der Waals surface area (Å²) in [6.45, 7) is 0. The van der Waals surface area contributed by atoms with Crippen LogP contribution in [-0.4, -0.2) is 4.92 Å². The summed E-state index contributed by atoms with van der Waals surface area (Å²) in [5.74, 6) is 0. The zero-order valence-corrected chi connectivity index (χ0v) is 11.9. The van der Waals surface area contributed by atoms with E-state index in [4.69, 9.17) is 5.26 Å². The van der Waals surface area contributed by atoms with Crippen molar-refractivity contribution < 1.29 is 4.92 Å². The van der Waals surface area contributed by atoms with Crippen molar-refractivity contribution in [2.45, 2.75) is 9.79 Å². The van der Waals surface area contributed by atoms with Crippen molar-refractivity contribution in [3.63, 3.8) is 0 Å². The first-order valence-electron chi connectivity index (χ1n) is 5.22. The van der Waals surface area contributed by atoms with E-state index in [-0.39, 0.29) is 5.69 Å². The summed E-state index contributed by atoms with van der Waals surface area (Å²) in [5, 5.41) is 19.5. The van der Waals surface area contributed by atoms with Gasteiger partial charge >= 0.3 is 0 Å². The van der Waals surface area contributed by atoms with Gasteiger partial charge in [-0.15, -0.1) is 0 Å². The molecule has 0 aliphatic heterocycles. The minimum absolute atomic E-state index is 0.0675. The Balaban J connectivity index is 2.22. The van der Waals surface area contributed by atoms with Gasteiger partial charge in [-0.05, 0) is 46.3 Å². The Morgan fingerprint density at radius 2 is 1.79 bits per heavy atom. The number of nitro benzene ring substituents is 1. The topological polar surface area (TPSA) is 66.9 Å². The van der Waals surface area contributed by atoms with E-state index in [9.17, 15) is 10.1 Å². The molecule has 2 aromatic carbocycles. The number of nitro groups is 1. The molecule has 0 aliphatic carbocycles. The van der Waals surface area contributed by atoms with Gasteiger partial charge in [0.25, 0.3) is 5.69 Å². The molecule has 0 fully saturated rings.